The molecule has 3 heterocycles. The summed E-state index contributed by atoms with van der Waals surface area (Å²) in [5, 5.41) is 4.14. The van der Waals surface area contributed by atoms with E-state index < -0.39 is 0 Å². The summed E-state index contributed by atoms with van der Waals surface area (Å²) < 4.78 is 2.01. The van der Waals surface area contributed by atoms with Crippen molar-refractivity contribution in [2.24, 2.45) is 0 Å². The molecule has 104 valence electrons. The Hall–Kier alpha value is -2.47. The van der Waals surface area contributed by atoms with Gasteiger partial charge < -0.3 is 10.3 Å². The van der Waals surface area contributed by atoms with Gasteiger partial charge in [0.25, 0.3) is 0 Å². The van der Waals surface area contributed by atoms with Crippen molar-refractivity contribution >= 4 is 39.2 Å². The normalized spacial score (nSPS) is 11.5. The maximum absolute atomic E-state index is 6.10. The number of hydrogen-bond acceptors (Lipinski definition) is 5. The number of imidazole rings is 1. The number of hydrogen-bond donors (Lipinski definition) is 1. The van der Waals surface area contributed by atoms with E-state index in [4.69, 9.17) is 5.73 Å². The molecular weight excluding hydrogens is 282 g/mol. The lowest BCUT2D eigenvalue weighted by molar-refractivity contribution is 0.828. The van der Waals surface area contributed by atoms with Crippen LogP contribution in [0.5, 0.6) is 0 Å². The zero-order valence-electron chi connectivity index (χ0n) is 11.4. The van der Waals surface area contributed by atoms with Gasteiger partial charge in [0, 0.05) is 16.5 Å². The molecule has 6 heteroatoms. The van der Waals surface area contributed by atoms with E-state index in [2.05, 4.69) is 21.0 Å². The lowest BCUT2D eigenvalue weighted by Crippen LogP contribution is -2.04. The minimum absolute atomic E-state index is 0.496. The Morgan fingerprint density at radius 1 is 1.19 bits per heavy atom. The van der Waals surface area contributed by atoms with Gasteiger partial charge in [0.1, 0.15) is 10.5 Å². The van der Waals surface area contributed by atoms with Gasteiger partial charge in [0.2, 0.25) is 5.95 Å². The van der Waals surface area contributed by atoms with Crippen molar-refractivity contribution in [2.75, 3.05) is 5.73 Å². The van der Waals surface area contributed by atoms with E-state index >= 15 is 0 Å². The summed E-state index contributed by atoms with van der Waals surface area (Å²) in [7, 11) is 0. The second-order valence-corrected chi connectivity index (χ2v) is 5.89. The Morgan fingerprint density at radius 2 is 2.05 bits per heavy atom. The highest BCUT2D eigenvalue weighted by molar-refractivity contribution is 7.09. The highest BCUT2D eigenvalue weighted by Gasteiger charge is 2.13. The standard InChI is InChI=1S/C15H13N5S/c1-9-8-21-13(18-9)7-20-14-10-4-2-3-5-11(10)17-6-12(14)19-15(20)16/h2-6,8H,7H2,1H3,(H2,16,19). The van der Waals surface area contributed by atoms with Gasteiger partial charge >= 0.3 is 0 Å². The lowest BCUT2D eigenvalue weighted by Gasteiger charge is -2.06. The van der Waals surface area contributed by atoms with Crippen LogP contribution in [0, 0.1) is 6.92 Å². The van der Waals surface area contributed by atoms with Crippen LogP contribution in [0.2, 0.25) is 0 Å². The Bertz CT molecular complexity index is 953. The molecule has 0 aliphatic carbocycles. The molecule has 0 atom stereocenters. The summed E-state index contributed by atoms with van der Waals surface area (Å²) in [5.74, 6) is 0.496. The van der Waals surface area contributed by atoms with Crippen LogP contribution >= 0.6 is 11.3 Å². The fourth-order valence-electron chi connectivity index (χ4n) is 2.55. The number of para-hydroxylation sites is 1. The first-order valence-electron chi connectivity index (χ1n) is 6.63. The number of rotatable bonds is 2. The van der Waals surface area contributed by atoms with Gasteiger partial charge in [-0.3, -0.25) is 4.98 Å². The second-order valence-electron chi connectivity index (χ2n) is 4.95. The third kappa shape index (κ3) is 1.95. The molecule has 2 N–H and O–H groups in total. The molecule has 0 aliphatic heterocycles. The van der Waals surface area contributed by atoms with Crippen LogP contribution in [0.15, 0.2) is 35.8 Å². The van der Waals surface area contributed by atoms with Crippen molar-refractivity contribution in [3.63, 3.8) is 0 Å². The molecule has 21 heavy (non-hydrogen) atoms. The molecule has 0 unspecified atom stereocenters. The monoisotopic (exact) mass is 295 g/mol. The fourth-order valence-corrected chi connectivity index (χ4v) is 3.31. The van der Waals surface area contributed by atoms with Gasteiger partial charge in [-0.1, -0.05) is 18.2 Å². The zero-order valence-corrected chi connectivity index (χ0v) is 12.3. The van der Waals surface area contributed by atoms with Crippen molar-refractivity contribution in [3.8, 4) is 0 Å². The summed E-state index contributed by atoms with van der Waals surface area (Å²) in [4.78, 5) is 13.4. The molecule has 4 rings (SSSR count). The van der Waals surface area contributed by atoms with Gasteiger partial charge in [-0.2, -0.15) is 0 Å². The van der Waals surface area contributed by atoms with Crippen molar-refractivity contribution < 1.29 is 0 Å². The number of nitrogens with zero attached hydrogens (tertiary/aromatic N) is 4. The molecule has 0 radical (unpaired) electrons. The van der Waals surface area contributed by atoms with Gasteiger partial charge in [0.05, 0.1) is 23.8 Å². The molecule has 0 spiro atoms. The third-order valence-corrected chi connectivity index (χ3v) is 4.42. The summed E-state index contributed by atoms with van der Waals surface area (Å²) in [6.45, 7) is 2.63. The molecule has 1 aromatic carbocycles. The van der Waals surface area contributed by atoms with Gasteiger partial charge in [-0.25, -0.2) is 9.97 Å². The zero-order chi connectivity index (χ0) is 14.4. The largest absolute Gasteiger partial charge is 0.369 e. The number of benzene rings is 1. The van der Waals surface area contributed by atoms with E-state index in [0.717, 1.165) is 32.6 Å². The molecular formula is C15H13N5S. The molecule has 5 nitrogen and oxygen atoms in total. The summed E-state index contributed by atoms with van der Waals surface area (Å²) in [5.41, 5.74) is 9.92. The molecule has 4 aromatic rings. The number of anilines is 1. The Balaban J connectivity index is 1.98. The molecule has 0 amide bonds. The first-order valence-corrected chi connectivity index (χ1v) is 7.51. The third-order valence-electron chi connectivity index (χ3n) is 3.47. The van der Waals surface area contributed by atoms with E-state index in [9.17, 15) is 0 Å². The number of nitrogen functional groups attached to an aromatic ring is 1. The number of pyridine rings is 1. The first kappa shape index (κ1) is 12.3. The Kier molecular flexibility index (Phi) is 2.65. The van der Waals surface area contributed by atoms with Crippen LogP contribution in [0.1, 0.15) is 10.7 Å². The topological polar surface area (TPSA) is 69.6 Å². The van der Waals surface area contributed by atoms with Crippen LogP contribution in [0.3, 0.4) is 0 Å². The Labute approximate surface area is 125 Å². The van der Waals surface area contributed by atoms with Crippen molar-refractivity contribution in [2.45, 2.75) is 13.5 Å². The van der Waals surface area contributed by atoms with E-state index in [0.29, 0.717) is 12.5 Å². The van der Waals surface area contributed by atoms with Crippen LogP contribution in [-0.4, -0.2) is 19.5 Å². The lowest BCUT2D eigenvalue weighted by atomic mass is 10.2. The van der Waals surface area contributed by atoms with Crippen LogP contribution < -0.4 is 5.73 Å². The first-order chi connectivity index (χ1) is 10.2. The van der Waals surface area contributed by atoms with E-state index in [1.54, 1.807) is 17.5 Å². The predicted octanol–water partition coefficient (Wildman–Crippen LogP) is 2.98. The minimum Gasteiger partial charge on any atom is -0.369 e. The Morgan fingerprint density at radius 3 is 2.86 bits per heavy atom. The van der Waals surface area contributed by atoms with Crippen LogP contribution in [0.4, 0.5) is 5.95 Å². The minimum atomic E-state index is 0.496. The number of thiazole rings is 1. The van der Waals surface area contributed by atoms with E-state index in [1.165, 1.54) is 0 Å². The molecule has 0 saturated heterocycles. The smallest absolute Gasteiger partial charge is 0.201 e. The average molecular weight is 295 g/mol. The highest BCUT2D eigenvalue weighted by atomic mass is 32.1. The predicted molar refractivity (Wildman–Crippen MR) is 85.4 cm³/mol. The van der Waals surface area contributed by atoms with E-state index in [-0.39, 0.29) is 0 Å². The van der Waals surface area contributed by atoms with Gasteiger partial charge in [-0.05, 0) is 13.0 Å². The van der Waals surface area contributed by atoms with Crippen LogP contribution in [-0.2, 0) is 6.54 Å². The maximum atomic E-state index is 6.10. The highest BCUT2D eigenvalue weighted by Crippen LogP contribution is 2.26. The van der Waals surface area contributed by atoms with Crippen molar-refractivity contribution in [3.05, 3.63) is 46.5 Å². The second kappa shape index (κ2) is 4.53. The summed E-state index contributed by atoms with van der Waals surface area (Å²) in [6, 6.07) is 8.03. The quantitative estimate of drug-likeness (QED) is 0.617. The molecule has 0 bridgehead atoms. The number of nitrogens with two attached hydrogens (primary N) is 1. The molecule has 0 fully saturated rings. The number of aryl methyl sites for hydroxylation is 1. The average Bonchev–Trinajstić information content (AvgIpc) is 3.03. The van der Waals surface area contributed by atoms with Gasteiger partial charge in [-0.15, -0.1) is 11.3 Å². The van der Waals surface area contributed by atoms with Crippen LogP contribution in [0.25, 0.3) is 21.9 Å². The van der Waals surface area contributed by atoms with Crippen molar-refractivity contribution in [1.29, 1.82) is 0 Å². The molecule has 0 aliphatic rings. The number of aromatic nitrogens is 4. The van der Waals surface area contributed by atoms with Gasteiger partial charge in [0.15, 0.2) is 0 Å². The SMILES string of the molecule is Cc1csc(Cn2c(N)nc3cnc4ccccc4c32)n1. The summed E-state index contributed by atoms with van der Waals surface area (Å²) >= 11 is 1.64. The molecule has 0 saturated carbocycles. The summed E-state index contributed by atoms with van der Waals surface area (Å²) in [6.07, 6.45) is 1.78. The fraction of sp³-hybridized carbons (Fsp3) is 0.133. The molecule has 3 aromatic heterocycles. The van der Waals surface area contributed by atoms with Crippen molar-refractivity contribution in [1.82, 2.24) is 19.5 Å². The number of fused-ring (bicyclic) bond motifs is 3. The maximum Gasteiger partial charge on any atom is 0.201 e. The van der Waals surface area contributed by atoms with E-state index in [1.807, 2.05) is 35.1 Å².